The van der Waals surface area contributed by atoms with Crippen molar-refractivity contribution >= 4 is 35.2 Å². The van der Waals surface area contributed by atoms with Crippen LogP contribution in [0.25, 0.3) is 5.53 Å². The van der Waals surface area contributed by atoms with Gasteiger partial charge in [-0.3, -0.25) is 19.7 Å². The molecule has 1 aromatic carbocycles. The third-order valence-electron chi connectivity index (χ3n) is 4.58. The Balaban J connectivity index is 1.96. The fourth-order valence-corrected chi connectivity index (χ4v) is 3.09. The number of ketones is 1. The van der Waals surface area contributed by atoms with Crippen molar-refractivity contribution in [1.29, 1.82) is 0 Å². The van der Waals surface area contributed by atoms with Crippen LogP contribution in [0.2, 0.25) is 0 Å². The predicted molar refractivity (Wildman–Crippen MR) is 99.8 cm³/mol. The molecule has 31 heavy (non-hydrogen) atoms. The lowest BCUT2D eigenvalue weighted by molar-refractivity contribution is -0.384. The molecule has 1 fully saturated rings. The number of carboxylic acids is 1. The second kappa shape index (κ2) is 9.13. The van der Waals surface area contributed by atoms with E-state index in [-0.39, 0.29) is 12.3 Å². The van der Waals surface area contributed by atoms with Gasteiger partial charge in [0.1, 0.15) is 12.2 Å². The lowest BCUT2D eigenvalue weighted by Crippen LogP contribution is -2.67. The molecule has 2 atom stereocenters. The highest BCUT2D eigenvalue weighted by Crippen LogP contribution is 2.33. The Labute approximate surface area is 174 Å². The number of rotatable bonds is 9. The molecule has 1 aromatic rings. The molecule has 13 nitrogen and oxygen atoms in total. The molecule has 0 radical (unpaired) electrons. The first-order chi connectivity index (χ1) is 14.5. The number of hydrogen-bond donors (Lipinski definition) is 2. The number of aliphatic carboxylic acids is 1. The largest absolute Gasteiger partial charge is 0.509 e. The molecule has 1 aliphatic rings. The van der Waals surface area contributed by atoms with Crippen LogP contribution >= 0.6 is 0 Å². The van der Waals surface area contributed by atoms with Gasteiger partial charge in [0.2, 0.25) is 5.91 Å². The summed E-state index contributed by atoms with van der Waals surface area (Å²) in [7, 11) is 0. The average molecular weight is 434 g/mol. The van der Waals surface area contributed by atoms with E-state index in [0.29, 0.717) is 5.56 Å². The van der Waals surface area contributed by atoms with Gasteiger partial charge in [-0.1, -0.05) is 0 Å². The Morgan fingerprint density at radius 2 is 1.90 bits per heavy atom. The molecule has 0 bridgehead atoms. The quantitative estimate of drug-likeness (QED) is 0.0826. The maximum absolute atomic E-state index is 12.0. The van der Waals surface area contributed by atoms with Gasteiger partial charge in [0.25, 0.3) is 11.5 Å². The second-order valence-electron chi connectivity index (χ2n) is 7.14. The molecule has 13 heteroatoms. The number of hydrogen-bond acceptors (Lipinski definition) is 8. The topological polar surface area (TPSA) is 199 Å². The Morgan fingerprint density at radius 3 is 2.39 bits per heavy atom. The maximum atomic E-state index is 12.0. The summed E-state index contributed by atoms with van der Waals surface area (Å²) in [4.78, 5) is 59.4. The fraction of sp³-hybridized carbons (Fsp3) is 0.389. The molecule has 0 saturated carbocycles. The molecule has 164 valence electrons. The number of carboxylic acid groups (broad SMARTS) is 1. The average Bonchev–Trinajstić information content (AvgIpc) is 2.65. The van der Waals surface area contributed by atoms with Gasteiger partial charge in [-0.25, -0.2) is 9.59 Å². The molecule has 1 saturated heterocycles. The van der Waals surface area contributed by atoms with E-state index in [1.165, 1.54) is 38.1 Å². The van der Waals surface area contributed by atoms with Gasteiger partial charge in [0, 0.05) is 18.6 Å². The van der Waals surface area contributed by atoms with Crippen molar-refractivity contribution in [2.45, 2.75) is 38.5 Å². The van der Waals surface area contributed by atoms with E-state index in [9.17, 15) is 29.3 Å². The van der Waals surface area contributed by atoms with Crippen LogP contribution in [0, 0.1) is 16.0 Å². The van der Waals surface area contributed by atoms with Crippen LogP contribution in [0.3, 0.4) is 0 Å². The maximum Gasteiger partial charge on any atom is 0.509 e. The van der Waals surface area contributed by atoms with Gasteiger partial charge >= 0.3 is 17.8 Å². The first-order valence-electron chi connectivity index (χ1n) is 8.84. The van der Waals surface area contributed by atoms with Crippen LogP contribution in [-0.2, 0) is 30.5 Å². The molecule has 1 amide bonds. The summed E-state index contributed by atoms with van der Waals surface area (Å²) < 4.78 is 10.2. The van der Waals surface area contributed by atoms with Crippen LogP contribution < -0.4 is 5.32 Å². The lowest BCUT2D eigenvalue weighted by Gasteiger charge is -2.44. The number of nitro benzene ring substituents is 1. The van der Waals surface area contributed by atoms with Crippen molar-refractivity contribution in [3.8, 4) is 0 Å². The number of amides is 1. The third-order valence-corrected chi connectivity index (χ3v) is 4.58. The number of β-lactam (4-membered cyclic amide) rings is 1. The number of ether oxygens (including phenoxy) is 2. The highest BCUT2D eigenvalue weighted by atomic mass is 16.7. The zero-order chi connectivity index (χ0) is 23.3. The summed E-state index contributed by atoms with van der Waals surface area (Å²) in [6.45, 7) is 2.60. The molecular weight excluding hydrogens is 416 g/mol. The molecule has 1 aliphatic heterocycles. The minimum atomic E-state index is -1.72. The monoisotopic (exact) mass is 434 g/mol. The van der Waals surface area contributed by atoms with Crippen LogP contribution in [0.15, 0.2) is 24.3 Å². The summed E-state index contributed by atoms with van der Waals surface area (Å²) in [5.74, 6) is -4.25. The van der Waals surface area contributed by atoms with E-state index in [1.54, 1.807) is 0 Å². The first kappa shape index (κ1) is 23.2. The van der Waals surface area contributed by atoms with Crippen molar-refractivity contribution in [1.82, 2.24) is 5.32 Å². The minimum Gasteiger partial charge on any atom is -0.472 e. The first-order valence-corrected chi connectivity index (χ1v) is 8.84. The van der Waals surface area contributed by atoms with Crippen molar-refractivity contribution in [2.75, 3.05) is 0 Å². The SMILES string of the molecule is CC(C)(OC(=O)OCc1ccc([N+](=O)[O-])cc1)C1C(=O)NC1CC(=O)C(=[N+]=[N-])C(=O)O. The number of benzene rings is 1. The third kappa shape index (κ3) is 5.48. The minimum absolute atomic E-state index is 0.124. The summed E-state index contributed by atoms with van der Waals surface area (Å²) in [6.07, 6.45) is -1.59. The van der Waals surface area contributed by atoms with Gasteiger partial charge in [-0.15, -0.1) is 0 Å². The number of nitro groups is 1. The summed E-state index contributed by atoms with van der Waals surface area (Å²) in [5.41, 5.74) is 6.49. The summed E-state index contributed by atoms with van der Waals surface area (Å²) in [5, 5.41) is 21.9. The van der Waals surface area contributed by atoms with E-state index in [4.69, 9.17) is 20.1 Å². The van der Waals surface area contributed by atoms with Gasteiger partial charge in [-0.05, 0) is 31.5 Å². The van der Waals surface area contributed by atoms with Gasteiger partial charge in [-0.2, -0.15) is 4.79 Å². The molecular formula is C18H18N4O9. The van der Waals surface area contributed by atoms with Crippen molar-refractivity contribution in [3.05, 3.63) is 45.5 Å². The molecule has 1 heterocycles. The van der Waals surface area contributed by atoms with Crippen molar-refractivity contribution in [2.24, 2.45) is 5.92 Å². The molecule has 2 N–H and O–H groups in total. The molecule has 0 aromatic heterocycles. The van der Waals surface area contributed by atoms with E-state index < -0.39 is 58.4 Å². The van der Waals surface area contributed by atoms with Crippen LogP contribution in [0.4, 0.5) is 10.5 Å². The number of non-ortho nitro benzene ring substituents is 1. The Kier molecular flexibility index (Phi) is 6.82. The zero-order valence-electron chi connectivity index (χ0n) is 16.4. The van der Waals surface area contributed by atoms with Gasteiger partial charge in [0.05, 0.1) is 16.9 Å². The smallest absolute Gasteiger partial charge is 0.472 e. The van der Waals surface area contributed by atoms with Crippen LogP contribution in [0.1, 0.15) is 25.8 Å². The van der Waals surface area contributed by atoms with Gasteiger partial charge < -0.3 is 25.4 Å². The highest BCUT2D eigenvalue weighted by Gasteiger charge is 2.53. The lowest BCUT2D eigenvalue weighted by atomic mass is 9.75. The molecule has 2 unspecified atom stereocenters. The van der Waals surface area contributed by atoms with Crippen molar-refractivity contribution < 1.29 is 43.5 Å². The fourth-order valence-electron chi connectivity index (χ4n) is 3.09. The van der Waals surface area contributed by atoms with E-state index >= 15 is 0 Å². The molecule has 0 spiro atoms. The molecule has 0 aliphatic carbocycles. The number of nitrogens with zero attached hydrogens (tertiary/aromatic N) is 3. The normalized spacial score (nSPS) is 17.4. The van der Waals surface area contributed by atoms with Crippen LogP contribution in [0.5, 0.6) is 0 Å². The standard InChI is InChI=1S/C18H18N4O9/c1-18(2,13-11(20-15(13)24)7-12(23)14(21-19)16(25)26)31-17(27)30-8-9-3-5-10(6-4-9)22(28)29/h3-6,11,13H,7-8H2,1-2H3,(H,20,24)(H,25,26). The Bertz CT molecular complexity index is 980. The Morgan fingerprint density at radius 1 is 1.29 bits per heavy atom. The van der Waals surface area contributed by atoms with E-state index in [0.717, 1.165) is 0 Å². The second-order valence-corrected chi connectivity index (χ2v) is 7.14. The summed E-state index contributed by atoms with van der Waals surface area (Å²) >= 11 is 0. The number of carbonyl (C=O) groups excluding carboxylic acids is 3. The zero-order valence-corrected chi connectivity index (χ0v) is 16.4. The Hall–Kier alpha value is -4.12. The van der Waals surface area contributed by atoms with Crippen LogP contribution in [-0.4, -0.2) is 56.0 Å². The van der Waals surface area contributed by atoms with Gasteiger partial charge in [0.15, 0.2) is 0 Å². The van der Waals surface area contributed by atoms with E-state index in [2.05, 4.69) is 10.1 Å². The number of nitrogens with one attached hydrogen (secondary N) is 1. The van der Waals surface area contributed by atoms with E-state index in [1.807, 2.05) is 0 Å². The predicted octanol–water partition coefficient (Wildman–Crippen LogP) is 0.856. The summed E-state index contributed by atoms with van der Waals surface area (Å²) in [6, 6.07) is 4.44. The number of carbonyl (C=O) groups is 4. The highest BCUT2D eigenvalue weighted by molar-refractivity contribution is 6.62. The van der Waals surface area contributed by atoms with Crippen molar-refractivity contribution in [3.63, 3.8) is 0 Å². The number of Topliss-reactive ketones (excluding diaryl/α,β-unsaturated/α-hetero) is 1. The molecule has 2 rings (SSSR count).